The minimum Gasteiger partial charge on any atom is -0.296 e. The van der Waals surface area contributed by atoms with E-state index in [9.17, 15) is 21.6 Å². The Labute approximate surface area is 185 Å². The number of rotatable bonds is 4. The molecule has 1 aliphatic rings. The predicted octanol–water partition coefficient (Wildman–Crippen LogP) is 4.79. The van der Waals surface area contributed by atoms with Gasteiger partial charge in [-0.05, 0) is 34.5 Å². The van der Waals surface area contributed by atoms with Crippen LogP contribution in [0.1, 0.15) is 11.1 Å². The topological polar surface area (TPSA) is 40.6 Å². The monoisotopic (exact) mass is 470 g/mol. The van der Waals surface area contributed by atoms with Crippen LogP contribution in [0.2, 0.25) is 0 Å². The zero-order valence-electron chi connectivity index (χ0n) is 16.5. The first-order valence-corrected chi connectivity index (χ1v) is 11.0. The quantitative estimate of drug-likeness (QED) is 0.550. The van der Waals surface area contributed by atoms with Gasteiger partial charge in [-0.3, -0.25) is 4.90 Å². The highest BCUT2D eigenvalue weighted by molar-refractivity contribution is 7.89. The molecule has 3 aromatic carbocycles. The summed E-state index contributed by atoms with van der Waals surface area (Å²) in [5.41, 5.74) is -0.104. The Morgan fingerprint density at radius 1 is 0.806 bits per heavy atom. The molecule has 0 spiro atoms. The van der Waals surface area contributed by atoms with Crippen molar-refractivity contribution < 1.29 is 21.6 Å². The summed E-state index contributed by atoms with van der Waals surface area (Å²) in [5.74, 6) is 0. The number of benzene rings is 3. The minimum atomic E-state index is -4.37. The maximum atomic E-state index is 13.0. The molecular formula is C22H22ClF3N2O2S. The van der Waals surface area contributed by atoms with Gasteiger partial charge >= 0.3 is 6.18 Å². The summed E-state index contributed by atoms with van der Waals surface area (Å²) >= 11 is 0. The molecule has 0 N–H and O–H groups in total. The molecule has 31 heavy (non-hydrogen) atoms. The van der Waals surface area contributed by atoms with Crippen LogP contribution in [0.15, 0.2) is 71.6 Å². The van der Waals surface area contributed by atoms with Crippen molar-refractivity contribution in [3.8, 4) is 0 Å². The van der Waals surface area contributed by atoms with Crippen molar-refractivity contribution in [2.75, 3.05) is 26.2 Å². The van der Waals surface area contributed by atoms with Crippen molar-refractivity contribution in [3.63, 3.8) is 0 Å². The lowest BCUT2D eigenvalue weighted by atomic mass is 10.1. The van der Waals surface area contributed by atoms with E-state index in [0.29, 0.717) is 38.3 Å². The van der Waals surface area contributed by atoms with E-state index in [0.717, 1.165) is 22.9 Å². The second-order valence-corrected chi connectivity index (χ2v) is 9.33. The fourth-order valence-corrected chi connectivity index (χ4v) is 5.17. The summed E-state index contributed by atoms with van der Waals surface area (Å²) in [6.07, 6.45) is -4.37. The number of nitrogens with zero attached hydrogens (tertiary/aromatic N) is 2. The van der Waals surface area contributed by atoms with Gasteiger partial charge in [0.15, 0.2) is 0 Å². The van der Waals surface area contributed by atoms with E-state index in [2.05, 4.69) is 0 Å². The van der Waals surface area contributed by atoms with E-state index in [4.69, 9.17) is 0 Å². The fraction of sp³-hybridized carbons (Fsp3) is 0.273. The van der Waals surface area contributed by atoms with Gasteiger partial charge in [0.2, 0.25) is 10.0 Å². The highest BCUT2D eigenvalue weighted by Crippen LogP contribution is 2.30. The van der Waals surface area contributed by atoms with Crippen LogP contribution >= 0.6 is 12.4 Å². The van der Waals surface area contributed by atoms with E-state index in [1.54, 1.807) is 24.3 Å². The highest BCUT2D eigenvalue weighted by atomic mass is 35.5. The summed E-state index contributed by atoms with van der Waals surface area (Å²) in [6.45, 7) is 1.88. The van der Waals surface area contributed by atoms with Gasteiger partial charge in [-0.15, -0.1) is 12.4 Å². The molecule has 0 bridgehead atoms. The number of fused-ring (bicyclic) bond motifs is 1. The second kappa shape index (κ2) is 9.16. The lowest BCUT2D eigenvalue weighted by Crippen LogP contribution is -2.48. The number of halogens is 4. The van der Waals surface area contributed by atoms with Crippen molar-refractivity contribution >= 4 is 33.2 Å². The molecule has 4 nitrogen and oxygen atoms in total. The SMILES string of the molecule is Cl.O=S(=O)(c1ccc2ccccc2c1)N1CCN(Cc2cccc(C(F)(F)F)c2)CC1. The molecule has 1 saturated heterocycles. The molecule has 0 unspecified atom stereocenters. The van der Waals surface area contributed by atoms with Crippen LogP contribution in [0.4, 0.5) is 13.2 Å². The van der Waals surface area contributed by atoms with Gasteiger partial charge in [-0.25, -0.2) is 8.42 Å². The first kappa shape index (κ1) is 23.5. The van der Waals surface area contributed by atoms with E-state index in [1.165, 1.54) is 10.4 Å². The molecule has 4 rings (SSSR count). The van der Waals surface area contributed by atoms with Gasteiger partial charge in [0.25, 0.3) is 0 Å². The van der Waals surface area contributed by atoms with Crippen molar-refractivity contribution in [2.45, 2.75) is 17.6 Å². The maximum absolute atomic E-state index is 13.0. The molecule has 9 heteroatoms. The Bertz CT molecular complexity index is 1160. The normalized spacial score (nSPS) is 16.2. The molecule has 0 aliphatic carbocycles. The van der Waals surface area contributed by atoms with Crippen molar-refractivity contribution in [2.24, 2.45) is 0 Å². The Morgan fingerprint density at radius 2 is 1.48 bits per heavy atom. The first-order chi connectivity index (χ1) is 14.2. The predicted molar refractivity (Wildman–Crippen MR) is 117 cm³/mol. The molecule has 0 radical (unpaired) electrons. The van der Waals surface area contributed by atoms with Crippen LogP contribution in [-0.2, 0) is 22.7 Å². The fourth-order valence-electron chi connectivity index (χ4n) is 3.71. The third-order valence-corrected chi connectivity index (χ3v) is 7.25. The van der Waals surface area contributed by atoms with Gasteiger partial charge in [-0.2, -0.15) is 17.5 Å². The van der Waals surface area contributed by atoms with Crippen molar-refractivity contribution in [1.82, 2.24) is 9.21 Å². The average molecular weight is 471 g/mol. The molecular weight excluding hydrogens is 449 g/mol. The number of hydrogen-bond donors (Lipinski definition) is 0. The smallest absolute Gasteiger partial charge is 0.296 e. The van der Waals surface area contributed by atoms with Crippen molar-refractivity contribution in [1.29, 1.82) is 0 Å². The average Bonchev–Trinajstić information content (AvgIpc) is 2.73. The summed E-state index contributed by atoms with van der Waals surface area (Å²) < 4.78 is 66.2. The lowest BCUT2D eigenvalue weighted by molar-refractivity contribution is -0.137. The summed E-state index contributed by atoms with van der Waals surface area (Å²) in [6, 6.07) is 17.9. The molecule has 0 atom stereocenters. The molecule has 1 heterocycles. The molecule has 0 amide bonds. The summed E-state index contributed by atoms with van der Waals surface area (Å²) in [5, 5.41) is 1.84. The van der Waals surface area contributed by atoms with Crippen LogP contribution in [-0.4, -0.2) is 43.8 Å². The van der Waals surface area contributed by atoms with E-state index in [1.807, 2.05) is 29.2 Å². The zero-order chi connectivity index (χ0) is 21.4. The lowest BCUT2D eigenvalue weighted by Gasteiger charge is -2.34. The minimum absolute atomic E-state index is 0. The second-order valence-electron chi connectivity index (χ2n) is 7.39. The Hall–Kier alpha value is -2.13. The summed E-state index contributed by atoms with van der Waals surface area (Å²) in [7, 11) is -3.62. The van der Waals surface area contributed by atoms with Crippen LogP contribution in [0.25, 0.3) is 10.8 Å². The molecule has 166 valence electrons. The van der Waals surface area contributed by atoms with Crippen LogP contribution in [0, 0.1) is 0 Å². The van der Waals surface area contributed by atoms with E-state index >= 15 is 0 Å². The van der Waals surface area contributed by atoms with Crippen molar-refractivity contribution in [3.05, 3.63) is 77.9 Å². The summed E-state index contributed by atoms with van der Waals surface area (Å²) in [4.78, 5) is 2.23. The van der Waals surface area contributed by atoms with E-state index < -0.39 is 21.8 Å². The standard InChI is InChI=1S/C22H21F3N2O2S.ClH/c23-22(24,25)20-7-3-4-17(14-20)16-26-10-12-27(13-11-26)30(28,29)21-9-8-18-5-1-2-6-19(18)15-21;/h1-9,14-15H,10-13,16H2;1H. The van der Waals surface area contributed by atoms with Gasteiger partial charge < -0.3 is 0 Å². The van der Waals surface area contributed by atoms with Crippen LogP contribution in [0.5, 0.6) is 0 Å². The van der Waals surface area contributed by atoms with Gasteiger partial charge in [0.1, 0.15) is 0 Å². The molecule has 0 aromatic heterocycles. The number of piperazine rings is 1. The number of sulfonamides is 1. The first-order valence-electron chi connectivity index (χ1n) is 9.61. The van der Waals surface area contributed by atoms with Gasteiger partial charge in [0, 0.05) is 32.7 Å². The highest BCUT2D eigenvalue weighted by Gasteiger charge is 2.31. The van der Waals surface area contributed by atoms with Crippen LogP contribution in [0.3, 0.4) is 0 Å². The largest absolute Gasteiger partial charge is 0.416 e. The van der Waals surface area contributed by atoms with E-state index in [-0.39, 0.29) is 17.3 Å². The van der Waals surface area contributed by atoms with Crippen LogP contribution < -0.4 is 0 Å². The third-order valence-electron chi connectivity index (χ3n) is 5.35. The Morgan fingerprint density at radius 3 is 2.16 bits per heavy atom. The maximum Gasteiger partial charge on any atom is 0.416 e. The Balaban J connectivity index is 0.00000272. The molecule has 1 fully saturated rings. The van der Waals surface area contributed by atoms with Gasteiger partial charge in [-0.1, -0.05) is 48.5 Å². The number of alkyl halides is 3. The Kier molecular flexibility index (Phi) is 6.95. The number of hydrogen-bond acceptors (Lipinski definition) is 3. The third kappa shape index (κ3) is 5.20. The zero-order valence-corrected chi connectivity index (χ0v) is 18.2. The molecule has 3 aromatic rings. The molecule has 1 aliphatic heterocycles. The van der Waals surface area contributed by atoms with Gasteiger partial charge in [0.05, 0.1) is 10.5 Å². The molecule has 0 saturated carbocycles.